The average Bonchev–Trinajstić information content (AvgIpc) is 3.27. The lowest BCUT2D eigenvalue weighted by atomic mass is 10.0. The maximum Gasteiger partial charge on any atom is 0.416 e. The summed E-state index contributed by atoms with van der Waals surface area (Å²) in [6.07, 6.45) is -1.09. The van der Waals surface area contributed by atoms with E-state index in [1.807, 2.05) is 6.07 Å². The van der Waals surface area contributed by atoms with E-state index in [1.54, 1.807) is 23.4 Å². The summed E-state index contributed by atoms with van der Waals surface area (Å²) < 4.78 is 44.0. The number of nitrogens with one attached hydrogen (secondary N) is 1. The molecule has 0 unspecified atom stereocenters. The van der Waals surface area contributed by atoms with E-state index in [-0.39, 0.29) is 24.1 Å². The van der Waals surface area contributed by atoms with Crippen molar-refractivity contribution in [3.8, 4) is 11.6 Å². The highest BCUT2D eigenvalue weighted by Crippen LogP contribution is 2.33. The maximum absolute atomic E-state index is 13.1. The molecular weight excluding hydrogens is 423 g/mol. The van der Waals surface area contributed by atoms with E-state index >= 15 is 0 Å². The number of fused-ring (bicyclic) bond motifs is 2. The number of ether oxygens (including phenoxy) is 1. The highest BCUT2D eigenvalue weighted by Gasteiger charge is 2.30. The largest absolute Gasteiger partial charge is 0.439 e. The minimum absolute atomic E-state index is 0.155. The number of nitrogens with zero attached hydrogens (tertiary/aromatic N) is 4. The lowest BCUT2D eigenvalue weighted by molar-refractivity contribution is -0.137. The second-order valence-corrected chi connectivity index (χ2v) is 7.31. The van der Waals surface area contributed by atoms with E-state index in [0.29, 0.717) is 29.7 Å². The first kappa shape index (κ1) is 20.0. The molecule has 7 nitrogen and oxygen atoms in total. The standard InChI is InChI=1S/C22H16F3N5O2/c23-22(24,25)13-4-6-14(7-5-13)32-20-15-8-9-30(10-18(15)27-12-29-20)21(31)16-2-1-3-17-19(16)28-11-26-17/h1-7,11-12H,8-10H2,(H,26,28). The fourth-order valence-corrected chi connectivity index (χ4v) is 3.72. The number of aromatic amines is 1. The molecule has 3 heterocycles. The number of rotatable bonds is 3. The van der Waals surface area contributed by atoms with Crippen LogP contribution in [-0.4, -0.2) is 37.3 Å². The van der Waals surface area contributed by atoms with Crippen molar-refractivity contribution in [3.05, 3.63) is 77.5 Å². The van der Waals surface area contributed by atoms with Crippen LogP contribution in [0.15, 0.2) is 55.1 Å². The van der Waals surface area contributed by atoms with Gasteiger partial charge in [0.2, 0.25) is 5.88 Å². The molecule has 0 fully saturated rings. The Hall–Kier alpha value is -3.95. The summed E-state index contributed by atoms with van der Waals surface area (Å²) in [5, 5.41) is 0. The predicted octanol–water partition coefficient (Wildman–Crippen LogP) is 4.36. The van der Waals surface area contributed by atoms with Crippen molar-refractivity contribution in [2.24, 2.45) is 0 Å². The third-order valence-electron chi connectivity index (χ3n) is 5.33. The Kier molecular flexibility index (Phi) is 4.76. The summed E-state index contributed by atoms with van der Waals surface area (Å²) in [5.74, 6) is 0.357. The van der Waals surface area contributed by atoms with Gasteiger partial charge in [-0.25, -0.2) is 15.0 Å². The second-order valence-electron chi connectivity index (χ2n) is 7.31. The van der Waals surface area contributed by atoms with E-state index in [1.165, 1.54) is 18.5 Å². The number of benzene rings is 2. The lowest BCUT2D eigenvalue weighted by Crippen LogP contribution is -2.36. The Balaban J connectivity index is 1.37. The molecule has 0 saturated heterocycles. The first-order valence-corrected chi connectivity index (χ1v) is 9.79. The Morgan fingerprint density at radius 3 is 2.66 bits per heavy atom. The van der Waals surface area contributed by atoms with Crippen LogP contribution in [-0.2, 0) is 19.1 Å². The molecule has 162 valence electrons. The molecule has 10 heteroatoms. The summed E-state index contributed by atoms with van der Waals surface area (Å²) in [4.78, 5) is 30.5. The lowest BCUT2D eigenvalue weighted by Gasteiger charge is -2.28. The number of H-pyrrole nitrogens is 1. The molecule has 1 aliphatic heterocycles. The zero-order chi connectivity index (χ0) is 22.3. The number of para-hydroxylation sites is 1. The van der Waals surface area contributed by atoms with E-state index in [2.05, 4.69) is 19.9 Å². The molecule has 0 saturated carbocycles. The van der Waals surface area contributed by atoms with Crippen LogP contribution in [0.1, 0.15) is 27.2 Å². The number of amides is 1. The van der Waals surface area contributed by atoms with Crippen LogP contribution in [0.25, 0.3) is 11.0 Å². The monoisotopic (exact) mass is 439 g/mol. The van der Waals surface area contributed by atoms with Crippen molar-refractivity contribution in [2.75, 3.05) is 6.54 Å². The Bertz CT molecular complexity index is 1300. The third kappa shape index (κ3) is 3.64. The van der Waals surface area contributed by atoms with Gasteiger partial charge in [0.1, 0.15) is 17.6 Å². The quantitative estimate of drug-likeness (QED) is 0.513. The number of aromatic nitrogens is 4. The van der Waals surface area contributed by atoms with Crippen LogP contribution in [0.3, 0.4) is 0 Å². The molecule has 5 rings (SSSR count). The Morgan fingerprint density at radius 2 is 1.88 bits per heavy atom. The first-order chi connectivity index (χ1) is 15.4. The van der Waals surface area contributed by atoms with Gasteiger partial charge < -0.3 is 14.6 Å². The van der Waals surface area contributed by atoms with Crippen LogP contribution in [0, 0.1) is 0 Å². The zero-order valence-corrected chi connectivity index (χ0v) is 16.6. The molecule has 0 aliphatic carbocycles. The van der Waals surface area contributed by atoms with Gasteiger partial charge in [0.15, 0.2) is 0 Å². The molecule has 2 aromatic heterocycles. The summed E-state index contributed by atoms with van der Waals surface area (Å²) in [5.41, 5.74) is 2.50. The molecule has 1 N–H and O–H groups in total. The van der Waals surface area contributed by atoms with E-state index in [9.17, 15) is 18.0 Å². The molecule has 1 amide bonds. The molecule has 0 bridgehead atoms. The molecule has 2 aromatic carbocycles. The van der Waals surface area contributed by atoms with Crippen LogP contribution in [0.2, 0.25) is 0 Å². The van der Waals surface area contributed by atoms with E-state index < -0.39 is 11.7 Å². The van der Waals surface area contributed by atoms with Gasteiger partial charge in [0, 0.05) is 12.1 Å². The first-order valence-electron chi connectivity index (χ1n) is 9.79. The smallest absolute Gasteiger partial charge is 0.416 e. The molecule has 0 atom stereocenters. The van der Waals surface area contributed by atoms with Crippen LogP contribution >= 0.6 is 0 Å². The van der Waals surface area contributed by atoms with Gasteiger partial charge >= 0.3 is 6.18 Å². The molecule has 0 radical (unpaired) electrons. The number of imidazole rings is 1. The summed E-state index contributed by atoms with van der Waals surface area (Å²) in [6.45, 7) is 0.685. The third-order valence-corrected chi connectivity index (χ3v) is 5.33. The van der Waals surface area contributed by atoms with Crippen LogP contribution < -0.4 is 4.74 Å². The molecule has 0 spiro atoms. The maximum atomic E-state index is 13.1. The fourth-order valence-electron chi connectivity index (χ4n) is 3.72. The van der Waals surface area contributed by atoms with Crippen LogP contribution in [0.5, 0.6) is 11.6 Å². The van der Waals surface area contributed by atoms with Crippen molar-refractivity contribution < 1.29 is 22.7 Å². The van der Waals surface area contributed by atoms with E-state index in [4.69, 9.17) is 4.74 Å². The number of halogens is 3. The number of alkyl halides is 3. The van der Waals surface area contributed by atoms with Crippen molar-refractivity contribution in [1.82, 2.24) is 24.8 Å². The number of hydrogen-bond acceptors (Lipinski definition) is 5. The van der Waals surface area contributed by atoms with Crippen molar-refractivity contribution >= 4 is 16.9 Å². The van der Waals surface area contributed by atoms with Crippen LogP contribution in [0.4, 0.5) is 13.2 Å². The van der Waals surface area contributed by atoms with Gasteiger partial charge in [0.05, 0.1) is 35.2 Å². The van der Waals surface area contributed by atoms with Gasteiger partial charge in [0.25, 0.3) is 5.91 Å². The SMILES string of the molecule is O=C(c1cccc2[nH]cnc12)N1CCc2c(ncnc2Oc2ccc(C(F)(F)F)cc2)C1. The Labute approximate surface area is 179 Å². The Morgan fingerprint density at radius 1 is 1.06 bits per heavy atom. The molecular formula is C22H16F3N5O2. The van der Waals surface area contributed by atoms with Crippen molar-refractivity contribution in [3.63, 3.8) is 0 Å². The summed E-state index contributed by atoms with van der Waals surface area (Å²) in [6, 6.07) is 9.80. The number of carbonyl (C=O) groups excluding carboxylic acids is 1. The highest BCUT2D eigenvalue weighted by atomic mass is 19.4. The fraction of sp³-hybridized carbons (Fsp3) is 0.182. The molecule has 1 aliphatic rings. The zero-order valence-electron chi connectivity index (χ0n) is 16.6. The number of hydrogen-bond donors (Lipinski definition) is 1. The van der Waals surface area contributed by atoms with Gasteiger partial charge in [-0.3, -0.25) is 4.79 Å². The summed E-state index contributed by atoms with van der Waals surface area (Å²) in [7, 11) is 0. The van der Waals surface area contributed by atoms with Gasteiger partial charge in [-0.1, -0.05) is 6.07 Å². The van der Waals surface area contributed by atoms with Gasteiger partial charge in [-0.05, 0) is 42.8 Å². The van der Waals surface area contributed by atoms with Gasteiger partial charge in [-0.15, -0.1) is 0 Å². The molecule has 32 heavy (non-hydrogen) atoms. The topological polar surface area (TPSA) is 84.0 Å². The van der Waals surface area contributed by atoms with Gasteiger partial charge in [-0.2, -0.15) is 13.2 Å². The minimum atomic E-state index is -4.41. The van der Waals surface area contributed by atoms with Crippen molar-refractivity contribution in [2.45, 2.75) is 19.1 Å². The predicted molar refractivity (Wildman–Crippen MR) is 108 cm³/mol. The normalized spacial score (nSPS) is 13.8. The van der Waals surface area contributed by atoms with Crippen molar-refractivity contribution in [1.29, 1.82) is 0 Å². The summed E-state index contributed by atoms with van der Waals surface area (Å²) >= 11 is 0. The van der Waals surface area contributed by atoms with E-state index in [0.717, 1.165) is 23.2 Å². The molecule has 4 aromatic rings. The average molecular weight is 439 g/mol. The highest BCUT2D eigenvalue weighted by molar-refractivity contribution is 6.04. The second kappa shape index (κ2) is 7.63. The minimum Gasteiger partial charge on any atom is -0.439 e. The number of carbonyl (C=O) groups is 1.